The number of amides is 1. The molecule has 0 atom stereocenters. The second kappa shape index (κ2) is 8.75. The van der Waals surface area contributed by atoms with Gasteiger partial charge in [-0.05, 0) is 34.1 Å². The zero-order chi connectivity index (χ0) is 21.0. The first-order chi connectivity index (χ1) is 13.7. The van der Waals surface area contributed by atoms with E-state index in [1.807, 2.05) is 23.6 Å². The molecule has 0 radical (unpaired) electrons. The highest BCUT2D eigenvalue weighted by Crippen LogP contribution is 2.28. The molecule has 0 unspecified atom stereocenters. The summed E-state index contributed by atoms with van der Waals surface area (Å²) < 4.78 is 0. The van der Waals surface area contributed by atoms with Gasteiger partial charge in [0.15, 0.2) is 5.13 Å². The summed E-state index contributed by atoms with van der Waals surface area (Å²) in [4.78, 5) is 16.8. The number of hydrogen-bond donors (Lipinski definition) is 1. The molecule has 1 aromatic heterocycles. The molecule has 0 aliphatic rings. The van der Waals surface area contributed by atoms with Gasteiger partial charge in [-0.3, -0.25) is 10.1 Å². The molecule has 0 saturated carbocycles. The molecular weight excluding hydrogens is 376 g/mol. The number of anilines is 1. The molecule has 4 heteroatoms. The van der Waals surface area contributed by atoms with Crippen LogP contribution in [0.2, 0.25) is 0 Å². The fourth-order valence-corrected chi connectivity index (χ4v) is 3.64. The molecule has 0 fully saturated rings. The number of carbonyl (C=O) groups excluding carboxylic acids is 1. The van der Waals surface area contributed by atoms with Crippen LogP contribution < -0.4 is 5.32 Å². The van der Waals surface area contributed by atoms with E-state index in [4.69, 9.17) is 0 Å². The molecule has 150 valence electrons. The summed E-state index contributed by atoms with van der Waals surface area (Å²) in [5.41, 5.74) is 5.63. The van der Waals surface area contributed by atoms with E-state index < -0.39 is 0 Å². The largest absolute Gasteiger partial charge is 0.298 e. The number of benzene rings is 2. The van der Waals surface area contributed by atoms with Crippen LogP contribution in [0.3, 0.4) is 0 Å². The first-order valence-electron chi connectivity index (χ1n) is 9.88. The molecule has 1 amide bonds. The van der Waals surface area contributed by atoms with Crippen LogP contribution in [0, 0.1) is 0 Å². The maximum Gasteiger partial charge on any atom is 0.250 e. The number of carbonyl (C=O) groups is 1. The SMILES string of the molecule is CC(C)c1ccc(/C=C/C(=O)Nc2nc(-c3ccc(C(C)(C)C)cc3)cs2)cc1. The van der Waals surface area contributed by atoms with Crippen LogP contribution >= 0.6 is 11.3 Å². The van der Waals surface area contributed by atoms with Crippen LogP contribution in [0.5, 0.6) is 0 Å². The van der Waals surface area contributed by atoms with Gasteiger partial charge in [-0.2, -0.15) is 0 Å². The number of nitrogens with zero attached hydrogens (tertiary/aromatic N) is 1. The van der Waals surface area contributed by atoms with Crippen molar-refractivity contribution in [3.63, 3.8) is 0 Å². The van der Waals surface area contributed by atoms with Gasteiger partial charge >= 0.3 is 0 Å². The normalized spacial score (nSPS) is 11.9. The van der Waals surface area contributed by atoms with Crippen molar-refractivity contribution in [2.75, 3.05) is 5.32 Å². The van der Waals surface area contributed by atoms with Gasteiger partial charge in [-0.25, -0.2) is 4.98 Å². The molecule has 3 aromatic rings. The molecule has 1 heterocycles. The lowest BCUT2D eigenvalue weighted by atomic mass is 9.86. The Morgan fingerprint density at radius 3 is 2.28 bits per heavy atom. The van der Waals surface area contributed by atoms with Crippen molar-refractivity contribution in [1.82, 2.24) is 4.98 Å². The third-order valence-electron chi connectivity index (χ3n) is 4.81. The summed E-state index contributed by atoms with van der Waals surface area (Å²) in [7, 11) is 0. The Morgan fingerprint density at radius 2 is 1.69 bits per heavy atom. The van der Waals surface area contributed by atoms with Crippen molar-refractivity contribution in [2.24, 2.45) is 0 Å². The van der Waals surface area contributed by atoms with Crippen molar-refractivity contribution < 1.29 is 4.79 Å². The maximum atomic E-state index is 12.2. The van der Waals surface area contributed by atoms with Crippen molar-refractivity contribution in [1.29, 1.82) is 0 Å². The van der Waals surface area contributed by atoms with Crippen LogP contribution in [-0.2, 0) is 10.2 Å². The summed E-state index contributed by atoms with van der Waals surface area (Å²) in [5.74, 6) is 0.321. The van der Waals surface area contributed by atoms with Crippen LogP contribution in [-0.4, -0.2) is 10.9 Å². The Bertz CT molecular complexity index is 991. The third kappa shape index (κ3) is 5.64. The topological polar surface area (TPSA) is 42.0 Å². The lowest BCUT2D eigenvalue weighted by molar-refractivity contribution is -0.111. The molecule has 0 saturated heterocycles. The molecule has 1 N–H and O–H groups in total. The molecule has 3 nitrogen and oxygen atoms in total. The van der Waals surface area contributed by atoms with Crippen LogP contribution in [0.15, 0.2) is 60.0 Å². The molecule has 2 aromatic carbocycles. The highest BCUT2D eigenvalue weighted by atomic mass is 32.1. The number of thiazole rings is 1. The molecule has 3 rings (SSSR count). The van der Waals surface area contributed by atoms with Gasteiger partial charge in [0.25, 0.3) is 0 Å². The standard InChI is InChI=1S/C25H28N2OS/c1-17(2)19-9-6-18(7-10-19)8-15-23(28)27-24-26-22(16-29-24)20-11-13-21(14-12-20)25(3,4)5/h6-17H,1-5H3,(H,26,27,28)/b15-8+. The Morgan fingerprint density at radius 1 is 1.03 bits per heavy atom. The van der Waals surface area contributed by atoms with Gasteiger partial charge < -0.3 is 0 Å². The van der Waals surface area contributed by atoms with E-state index in [2.05, 4.69) is 81.3 Å². The average Bonchev–Trinajstić information content (AvgIpc) is 3.14. The fraction of sp³-hybridized carbons (Fsp3) is 0.280. The van der Waals surface area contributed by atoms with E-state index in [-0.39, 0.29) is 11.3 Å². The smallest absolute Gasteiger partial charge is 0.250 e. The number of hydrogen-bond acceptors (Lipinski definition) is 3. The zero-order valence-corrected chi connectivity index (χ0v) is 18.5. The van der Waals surface area contributed by atoms with E-state index in [1.54, 1.807) is 6.08 Å². The summed E-state index contributed by atoms with van der Waals surface area (Å²) in [6.07, 6.45) is 3.36. The van der Waals surface area contributed by atoms with E-state index in [0.29, 0.717) is 11.0 Å². The first kappa shape index (κ1) is 21.0. The molecular formula is C25H28N2OS. The molecule has 0 aliphatic heterocycles. The van der Waals surface area contributed by atoms with Crippen molar-refractivity contribution >= 4 is 28.5 Å². The van der Waals surface area contributed by atoms with Crippen LogP contribution in [0.25, 0.3) is 17.3 Å². The molecule has 0 spiro atoms. The van der Waals surface area contributed by atoms with Crippen LogP contribution in [0.1, 0.15) is 57.2 Å². The number of rotatable bonds is 5. The zero-order valence-electron chi connectivity index (χ0n) is 17.7. The maximum absolute atomic E-state index is 12.2. The lowest BCUT2D eigenvalue weighted by Gasteiger charge is -2.18. The molecule has 29 heavy (non-hydrogen) atoms. The van der Waals surface area contributed by atoms with E-state index in [0.717, 1.165) is 16.8 Å². The Hall–Kier alpha value is -2.72. The Kier molecular flexibility index (Phi) is 6.33. The summed E-state index contributed by atoms with van der Waals surface area (Å²) >= 11 is 1.43. The predicted molar refractivity (Wildman–Crippen MR) is 124 cm³/mol. The van der Waals surface area contributed by atoms with Crippen molar-refractivity contribution in [3.8, 4) is 11.3 Å². The summed E-state index contributed by atoms with van der Waals surface area (Å²) in [6, 6.07) is 16.7. The van der Waals surface area contributed by atoms with Crippen LogP contribution in [0.4, 0.5) is 5.13 Å². The third-order valence-corrected chi connectivity index (χ3v) is 5.57. The van der Waals surface area contributed by atoms with Gasteiger partial charge in [0, 0.05) is 17.0 Å². The highest BCUT2D eigenvalue weighted by Gasteiger charge is 2.14. The molecule has 0 aliphatic carbocycles. The highest BCUT2D eigenvalue weighted by molar-refractivity contribution is 7.14. The number of aromatic nitrogens is 1. The van der Waals surface area contributed by atoms with Gasteiger partial charge in [0.05, 0.1) is 5.69 Å². The fourth-order valence-electron chi connectivity index (χ4n) is 2.92. The Labute approximate surface area is 177 Å². The van der Waals surface area contributed by atoms with E-state index in [9.17, 15) is 4.79 Å². The second-order valence-electron chi connectivity index (χ2n) is 8.51. The summed E-state index contributed by atoms with van der Waals surface area (Å²) in [5, 5.41) is 5.42. The quantitative estimate of drug-likeness (QED) is 0.471. The average molecular weight is 405 g/mol. The Balaban J connectivity index is 1.62. The lowest BCUT2D eigenvalue weighted by Crippen LogP contribution is -2.10. The minimum atomic E-state index is -0.179. The number of nitrogens with one attached hydrogen (secondary N) is 1. The first-order valence-corrected chi connectivity index (χ1v) is 10.8. The van der Waals surface area contributed by atoms with E-state index in [1.165, 1.54) is 22.5 Å². The molecule has 0 bridgehead atoms. The van der Waals surface area contributed by atoms with Gasteiger partial charge in [0.2, 0.25) is 5.91 Å². The van der Waals surface area contributed by atoms with Gasteiger partial charge in [0.1, 0.15) is 0 Å². The minimum Gasteiger partial charge on any atom is -0.298 e. The monoisotopic (exact) mass is 404 g/mol. The van der Waals surface area contributed by atoms with Crippen molar-refractivity contribution in [2.45, 2.75) is 46.0 Å². The minimum absolute atomic E-state index is 0.126. The van der Waals surface area contributed by atoms with E-state index >= 15 is 0 Å². The van der Waals surface area contributed by atoms with Crippen molar-refractivity contribution in [3.05, 3.63) is 76.7 Å². The second-order valence-corrected chi connectivity index (χ2v) is 9.37. The summed E-state index contributed by atoms with van der Waals surface area (Å²) in [6.45, 7) is 10.9. The van der Waals surface area contributed by atoms with Gasteiger partial charge in [-0.1, -0.05) is 83.1 Å². The van der Waals surface area contributed by atoms with Gasteiger partial charge in [-0.15, -0.1) is 11.3 Å². The predicted octanol–water partition coefficient (Wildman–Crippen LogP) is 6.88.